The molecule has 1 aromatic carbocycles. The van der Waals surface area contributed by atoms with E-state index in [4.69, 9.17) is 4.42 Å². The quantitative estimate of drug-likeness (QED) is 0.793. The van der Waals surface area contributed by atoms with Gasteiger partial charge in [-0.25, -0.2) is 4.79 Å². The van der Waals surface area contributed by atoms with Gasteiger partial charge in [-0.3, -0.25) is 4.79 Å². The summed E-state index contributed by atoms with van der Waals surface area (Å²) in [6.07, 6.45) is 0. The third kappa shape index (κ3) is 2.20. The highest BCUT2D eigenvalue weighted by Gasteiger charge is 2.26. The Morgan fingerprint density at radius 2 is 2.20 bits per heavy atom. The second-order valence-electron chi connectivity index (χ2n) is 5.04. The molecule has 1 fully saturated rings. The van der Waals surface area contributed by atoms with Gasteiger partial charge in [0.25, 0.3) is 5.91 Å². The Morgan fingerprint density at radius 1 is 1.40 bits per heavy atom. The maximum Gasteiger partial charge on any atom is 0.349 e. The summed E-state index contributed by atoms with van der Waals surface area (Å²) in [5.41, 5.74) is 0.0410. The van der Waals surface area contributed by atoms with E-state index in [-0.39, 0.29) is 17.5 Å². The van der Waals surface area contributed by atoms with Crippen molar-refractivity contribution in [2.45, 2.75) is 13.0 Å². The second-order valence-corrected chi connectivity index (χ2v) is 5.04. The van der Waals surface area contributed by atoms with Crippen LogP contribution in [0.4, 0.5) is 0 Å². The number of hydrogen-bond acceptors (Lipinski definition) is 4. The first kappa shape index (κ1) is 12.9. The van der Waals surface area contributed by atoms with Crippen LogP contribution in [0.3, 0.4) is 0 Å². The number of rotatable bonds is 1. The molecule has 5 heteroatoms. The summed E-state index contributed by atoms with van der Waals surface area (Å²) in [4.78, 5) is 26.2. The van der Waals surface area contributed by atoms with Crippen molar-refractivity contribution in [3.63, 3.8) is 0 Å². The maximum absolute atomic E-state index is 12.5. The summed E-state index contributed by atoms with van der Waals surface area (Å²) in [5.74, 6) is -0.251. The third-order valence-corrected chi connectivity index (χ3v) is 3.63. The van der Waals surface area contributed by atoms with E-state index in [9.17, 15) is 9.59 Å². The highest BCUT2D eigenvalue weighted by Crippen LogP contribution is 2.15. The summed E-state index contributed by atoms with van der Waals surface area (Å²) >= 11 is 0. The number of fused-ring (bicyclic) bond motifs is 1. The lowest BCUT2D eigenvalue weighted by molar-refractivity contribution is 0.0651. The number of carbonyl (C=O) groups is 1. The first-order valence-electron chi connectivity index (χ1n) is 6.71. The number of amides is 1. The van der Waals surface area contributed by atoms with Crippen molar-refractivity contribution in [2.24, 2.45) is 0 Å². The Labute approximate surface area is 116 Å². The fourth-order valence-electron chi connectivity index (χ4n) is 2.51. The van der Waals surface area contributed by atoms with E-state index < -0.39 is 5.63 Å². The molecule has 1 amide bonds. The standard InChI is InChI=1S/C15H16N2O3/c1-10-9-16-6-7-17(10)14(18)12-8-11-4-2-3-5-13(11)20-15(12)19/h2-5,8,10,16H,6-7,9H2,1H3/t10-/m0/s1. The van der Waals surface area contributed by atoms with Crippen molar-refractivity contribution in [3.8, 4) is 0 Å². The molecule has 1 aliphatic rings. The summed E-state index contributed by atoms with van der Waals surface area (Å²) in [7, 11) is 0. The van der Waals surface area contributed by atoms with Gasteiger partial charge in [-0.1, -0.05) is 18.2 Å². The largest absolute Gasteiger partial charge is 0.422 e. The molecule has 0 aliphatic carbocycles. The molecule has 0 spiro atoms. The van der Waals surface area contributed by atoms with Gasteiger partial charge in [-0.15, -0.1) is 0 Å². The highest BCUT2D eigenvalue weighted by atomic mass is 16.4. The molecule has 1 atom stereocenters. The monoisotopic (exact) mass is 272 g/mol. The summed E-state index contributed by atoms with van der Waals surface area (Å²) in [6.45, 7) is 4.05. The van der Waals surface area contributed by atoms with E-state index in [1.54, 1.807) is 23.1 Å². The van der Waals surface area contributed by atoms with Crippen molar-refractivity contribution in [2.75, 3.05) is 19.6 Å². The number of para-hydroxylation sites is 1. The molecule has 1 N–H and O–H groups in total. The molecule has 20 heavy (non-hydrogen) atoms. The van der Waals surface area contributed by atoms with Gasteiger partial charge in [0, 0.05) is 31.1 Å². The smallest absolute Gasteiger partial charge is 0.349 e. The predicted octanol–water partition coefficient (Wildman–Crippen LogP) is 1.23. The summed E-state index contributed by atoms with van der Waals surface area (Å²) in [6, 6.07) is 8.89. The van der Waals surface area contributed by atoms with Crippen LogP contribution < -0.4 is 10.9 Å². The van der Waals surface area contributed by atoms with Crippen LogP contribution in [-0.2, 0) is 0 Å². The van der Waals surface area contributed by atoms with Gasteiger partial charge in [0.2, 0.25) is 0 Å². The normalized spacial score (nSPS) is 19.2. The van der Waals surface area contributed by atoms with E-state index in [1.807, 2.05) is 19.1 Å². The number of piperazine rings is 1. The number of nitrogens with one attached hydrogen (secondary N) is 1. The molecule has 0 unspecified atom stereocenters. The minimum atomic E-state index is -0.570. The van der Waals surface area contributed by atoms with E-state index >= 15 is 0 Å². The Morgan fingerprint density at radius 3 is 3.00 bits per heavy atom. The van der Waals surface area contributed by atoms with E-state index in [0.29, 0.717) is 12.1 Å². The highest BCUT2D eigenvalue weighted by molar-refractivity contribution is 5.96. The average molecular weight is 272 g/mol. The number of carbonyl (C=O) groups excluding carboxylic acids is 1. The van der Waals surface area contributed by atoms with E-state index in [1.165, 1.54) is 0 Å². The fraction of sp³-hybridized carbons (Fsp3) is 0.333. The lowest BCUT2D eigenvalue weighted by atomic mass is 10.1. The molecule has 0 bridgehead atoms. The van der Waals surface area contributed by atoms with Gasteiger partial charge < -0.3 is 14.6 Å². The molecule has 0 radical (unpaired) electrons. The van der Waals surface area contributed by atoms with Crippen molar-refractivity contribution in [1.82, 2.24) is 10.2 Å². The Balaban J connectivity index is 2.02. The lowest BCUT2D eigenvalue weighted by Gasteiger charge is -2.33. The Hall–Kier alpha value is -2.14. The van der Waals surface area contributed by atoms with Crippen LogP contribution in [0.2, 0.25) is 0 Å². The summed E-state index contributed by atoms with van der Waals surface area (Å²) in [5, 5.41) is 3.98. The molecule has 3 rings (SSSR count). The zero-order valence-electron chi connectivity index (χ0n) is 11.3. The average Bonchev–Trinajstić information content (AvgIpc) is 2.46. The van der Waals surface area contributed by atoms with Crippen molar-refractivity contribution < 1.29 is 9.21 Å². The van der Waals surface area contributed by atoms with Gasteiger partial charge in [0.1, 0.15) is 11.1 Å². The fourth-order valence-corrected chi connectivity index (χ4v) is 2.51. The Bertz CT molecular complexity index is 708. The molecule has 1 aliphatic heterocycles. The third-order valence-electron chi connectivity index (χ3n) is 3.63. The molecule has 2 heterocycles. The maximum atomic E-state index is 12.5. The minimum Gasteiger partial charge on any atom is -0.422 e. The second kappa shape index (κ2) is 5.09. The van der Waals surface area contributed by atoms with Gasteiger partial charge in [-0.05, 0) is 19.1 Å². The lowest BCUT2D eigenvalue weighted by Crippen LogP contribution is -2.52. The molecule has 104 valence electrons. The topological polar surface area (TPSA) is 62.6 Å². The van der Waals surface area contributed by atoms with Crippen LogP contribution in [0, 0.1) is 0 Å². The van der Waals surface area contributed by atoms with Crippen LogP contribution in [-0.4, -0.2) is 36.5 Å². The van der Waals surface area contributed by atoms with Crippen molar-refractivity contribution >= 4 is 16.9 Å². The molecule has 2 aromatic rings. The number of hydrogen-bond donors (Lipinski definition) is 1. The molecule has 0 saturated carbocycles. The van der Waals surface area contributed by atoms with Crippen LogP contribution >= 0.6 is 0 Å². The first-order valence-corrected chi connectivity index (χ1v) is 6.71. The molecule has 5 nitrogen and oxygen atoms in total. The van der Waals surface area contributed by atoms with E-state index in [2.05, 4.69) is 5.32 Å². The van der Waals surface area contributed by atoms with Gasteiger partial charge in [-0.2, -0.15) is 0 Å². The molecule has 1 aromatic heterocycles. The first-order chi connectivity index (χ1) is 9.66. The predicted molar refractivity (Wildman–Crippen MR) is 75.9 cm³/mol. The number of nitrogens with zero attached hydrogens (tertiary/aromatic N) is 1. The van der Waals surface area contributed by atoms with Gasteiger partial charge >= 0.3 is 5.63 Å². The van der Waals surface area contributed by atoms with Gasteiger partial charge in [0.05, 0.1) is 0 Å². The number of benzene rings is 1. The molecular formula is C15H16N2O3. The zero-order chi connectivity index (χ0) is 14.1. The van der Waals surface area contributed by atoms with Crippen molar-refractivity contribution in [1.29, 1.82) is 0 Å². The summed E-state index contributed by atoms with van der Waals surface area (Å²) < 4.78 is 5.22. The zero-order valence-corrected chi connectivity index (χ0v) is 11.3. The molecule has 1 saturated heterocycles. The molecular weight excluding hydrogens is 256 g/mol. The van der Waals surface area contributed by atoms with Crippen LogP contribution in [0.1, 0.15) is 17.3 Å². The Kier molecular flexibility index (Phi) is 3.28. The van der Waals surface area contributed by atoms with Crippen LogP contribution in [0.5, 0.6) is 0 Å². The minimum absolute atomic E-state index is 0.0714. The SMILES string of the molecule is C[C@H]1CNCCN1C(=O)c1cc2ccccc2oc1=O. The van der Waals surface area contributed by atoms with E-state index in [0.717, 1.165) is 18.5 Å². The van der Waals surface area contributed by atoms with Gasteiger partial charge in [0.15, 0.2) is 0 Å². The van der Waals surface area contributed by atoms with Crippen LogP contribution in [0.25, 0.3) is 11.0 Å². The van der Waals surface area contributed by atoms with Crippen LogP contribution in [0.15, 0.2) is 39.5 Å². The van der Waals surface area contributed by atoms with Crippen molar-refractivity contribution in [3.05, 3.63) is 46.3 Å².